The van der Waals surface area contributed by atoms with Crippen molar-refractivity contribution in [3.8, 4) is 0 Å². The maximum Gasteiger partial charge on any atom is 0.408 e. The van der Waals surface area contributed by atoms with Crippen molar-refractivity contribution in [3.05, 3.63) is 12.2 Å². The summed E-state index contributed by atoms with van der Waals surface area (Å²) >= 11 is 0. The van der Waals surface area contributed by atoms with Gasteiger partial charge in [-0.1, -0.05) is 25.8 Å². The van der Waals surface area contributed by atoms with Gasteiger partial charge in [0.1, 0.15) is 12.1 Å². The number of ether oxygens (including phenoxy) is 2. The highest BCUT2D eigenvalue weighted by Crippen LogP contribution is 2.25. The van der Waals surface area contributed by atoms with E-state index in [2.05, 4.69) is 16.1 Å². The van der Waals surface area contributed by atoms with E-state index in [4.69, 9.17) is 4.74 Å². The molecule has 0 spiro atoms. The smallest absolute Gasteiger partial charge is 0.408 e. The molecule has 1 saturated carbocycles. The van der Waals surface area contributed by atoms with E-state index < -0.39 is 17.7 Å². The second-order valence-electron chi connectivity index (χ2n) is 6.66. The van der Waals surface area contributed by atoms with Gasteiger partial charge in [0.15, 0.2) is 5.78 Å². The number of ketones is 1. The van der Waals surface area contributed by atoms with Gasteiger partial charge in [0, 0.05) is 6.42 Å². The lowest BCUT2D eigenvalue weighted by molar-refractivity contribution is -0.139. The molecule has 0 heterocycles. The second kappa shape index (κ2) is 11.6. The zero-order chi connectivity index (χ0) is 18.6. The fourth-order valence-corrected chi connectivity index (χ4v) is 2.04. The number of allylic oxidation sites excluding steroid dienone is 2. The van der Waals surface area contributed by atoms with Crippen LogP contribution in [0.5, 0.6) is 0 Å². The van der Waals surface area contributed by atoms with Gasteiger partial charge >= 0.3 is 12.1 Å². The number of alkyl carbamates (subject to hydrolysis) is 1. The Balaban J connectivity index is 0.000000446. The number of nitrogens with one attached hydrogen (secondary N) is 1. The molecule has 0 bridgehead atoms. The maximum absolute atomic E-state index is 10.9. The van der Waals surface area contributed by atoms with E-state index >= 15 is 0 Å². The third kappa shape index (κ3) is 12.7. The Morgan fingerprint density at radius 1 is 1.17 bits per heavy atom. The Bertz CT molecular complexity index is 431. The van der Waals surface area contributed by atoms with E-state index in [1.54, 1.807) is 26.8 Å². The van der Waals surface area contributed by atoms with Crippen molar-refractivity contribution >= 4 is 17.8 Å². The highest BCUT2D eigenvalue weighted by atomic mass is 16.6. The van der Waals surface area contributed by atoms with E-state index in [-0.39, 0.29) is 12.3 Å². The SMILES string of the molecule is CCC(=O)/C=C/C1CCCC1.COC(=O)CNC(=O)OC(C)(C)C. The van der Waals surface area contributed by atoms with E-state index in [0.29, 0.717) is 12.3 Å². The molecule has 0 saturated heterocycles. The van der Waals surface area contributed by atoms with Crippen LogP contribution in [-0.4, -0.2) is 37.1 Å². The third-order valence-electron chi connectivity index (χ3n) is 3.31. The molecule has 0 radical (unpaired) electrons. The summed E-state index contributed by atoms with van der Waals surface area (Å²) in [6, 6.07) is 0. The van der Waals surface area contributed by atoms with Gasteiger partial charge in [-0.3, -0.25) is 9.59 Å². The van der Waals surface area contributed by atoms with E-state index in [9.17, 15) is 14.4 Å². The zero-order valence-electron chi connectivity index (χ0n) is 15.5. The minimum Gasteiger partial charge on any atom is -0.468 e. The molecule has 0 aromatic heterocycles. The first-order chi connectivity index (χ1) is 11.2. The molecule has 0 aliphatic heterocycles. The number of carbonyl (C=O) groups excluding carboxylic acids is 3. The van der Waals surface area contributed by atoms with Crippen LogP contribution < -0.4 is 5.32 Å². The van der Waals surface area contributed by atoms with Gasteiger partial charge < -0.3 is 14.8 Å². The normalized spacial score (nSPS) is 14.7. The van der Waals surface area contributed by atoms with Crippen molar-refractivity contribution in [1.82, 2.24) is 5.32 Å². The van der Waals surface area contributed by atoms with Crippen LogP contribution in [0.1, 0.15) is 59.8 Å². The summed E-state index contributed by atoms with van der Waals surface area (Å²) in [6.45, 7) is 6.95. The Hall–Kier alpha value is -1.85. The minimum absolute atomic E-state index is 0.175. The summed E-state index contributed by atoms with van der Waals surface area (Å²) in [4.78, 5) is 32.4. The number of hydrogen-bond acceptors (Lipinski definition) is 5. The second-order valence-corrected chi connectivity index (χ2v) is 6.66. The van der Waals surface area contributed by atoms with Gasteiger partial charge in [-0.25, -0.2) is 4.79 Å². The number of esters is 1. The third-order valence-corrected chi connectivity index (χ3v) is 3.31. The van der Waals surface area contributed by atoms with Crippen LogP contribution in [0.2, 0.25) is 0 Å². The van der Waals surface area contributed by atoms with E-state index in [0.717, 1.165) is 0 Å². The van der Waals surface area contributed by atoms with Crippen LogP contribution in [0.25, 0.3) is 0 Å². The fraction of sp³-hybridized carbons (Fsp3) is 0.722. The molecule has 138 valence electrons. The lowest BCUT2D eigenvalue weighted by atomic mass is 10.1. The van der Waals surface area contributed by atoms with Crippen molar-refractivity contribution < 1.29 is 23.9 Å². The number of carbonyl (C=O) groups is 3. The summed E-state index contributed by atoms with van der Waals surface area (Å²) in [5.74, 6) is 0.452. The molecular formula is C18H31NO5. The highest BCUT2D eigenvalue weighted by Gasteiger charge is 2.16. The topological polar surface area (TPSA) is 81.7 Å². The van der Waals surface area contributed by atoms with Gasteiger partial charge in [0.2, 0.25) is 0 Å². The van der Waals surface area contributed by atoms with Crippen LogP contribution in [-0.2, 0) is 19.1 Å². The first kappa shape index (κ1) is 22.1. The van der Waals surface area contributed by atoms with Crippen molar-refractivity contribution in [1.29, 1.82) is 0 Å². The summed E-state index contributed by atoms with van der Waals surface area (Å²) in [5.41, 5.74) is -0.555. The lowest BCUT2D eigenvalue weighted by Crippen LogP contribution is -2.35. The molecule has 1 fully saturated rings. The number of rotatable bonds is 5. The van der Waals surface area contributed by atoms with E-state index in [1.807, 2.05) is 6.92 Å². The highest BCUT2D eigenvalue weighted by molar-refractivity contribution is 5.89. The molecule has 1 N–H and O–H groups in total. The fourth-order valence-electron chi connectivity index (χ4n) is 2.04. The summed E-state index contributed by atoms with van der Waals surface area (Å²) in [6.07, 6.45) is 9.13. The standard InChI is InChI=1S/C10H16O.C8H15NO4/c1-2-10(11)8-7-9-5-3-4-6-9;1-8(2,3)13-7(11)9-5-6(10)12-4/h7-9H,2-6H2,1H3;5H2,1-4H3,(H,9,11)/b8-7+;. The molecule has 0 unspecified atom stereocenters. The first-order valence-corrected chi connectivity index (χ1v) is 8.42. The summed E-state index contributed by atoms with van der Waals surface area (Å²) in [7, 11) is 1.25. The molecule has 6 nitrogen and oxygen atoms in total. The summed E-state index contributed by atoms with van der Waals surface area (Å²) in [5, 5.41) is 2.25. The van der Waals surface area contributed by atoms with Crippen molar-refractivity contribution in [3.63, 3.8) is 0 Å². The van der Waals surface area contributed by atoms with Gasteiger partial charge in [-0.05, 0) is 45.6 Å². The summed E-state index contributed by atoms with van der Waals surface area (Å²) < 4.78 is 9.20. The van der Waals surface area contributed by atoms with Crippen molar-refractivity contribution in [2.24, 2.45) is 5.92 Å². The molecule has 1 aliphatic rings. The predicted molar refractivity (Wildman–Crippen MR) is 92.6 cm³/mol. The quantitative estimate of drug-likeness (QED) is 0.612. The Morgan fingerprint density at radius 2 is 1.75 bits per heavy atom. The molecular weight excluding hydrogens is 310 g/mol. The molecule has 1 aliphatic carbocycles. The molecule has 0 atom stereocenters. The van der Waals surface area contributed by atoms with Gasteiger partial charge in [-0.15, -0.1) is 0 Å². The molecule has 1 amide bonds. The Labute approximate surface area is 145 Å². The van der Waals surface area contributed by atoms with Gasteiger partial charge in [0.25, 0.3) is 0 Å². The monoisotopic (exact) mass is 341 g/mol. The number of methoxy groups -OCH3 is 1. The average molecular weight is 341 g/mol. The van der Waals surface area contributed by atoms with E-state index in [1.165, 1.54) is 32.8 Å². The Kier molecular flexibility index (Phi) is 10.8. The lowest BCUT2D eigenvalue weighted by Gasteiger charge is -2.19. The molecule has 24 heavy (non-hydrogen) atoms. The maximum atomic E-state index is 10.9. The largest absolute Gasteiger partial charge is 0.468 e. The molecule has 1 rings (SSSR count). The van der Waals surface area contributed by atoms with Gasteiger partial charge in [-0.2, -0.15) is 0 Å². The van der Waals surface area contributed by atoms with Crippen molar-refractivity contribution in [2.45, 2.75) is 65.4 Å². The van der Waals surface area contributed by atoms with Crippen LogP contribution >= 0.6 is 0 Å². The van der Waals surface area contributed by atoms with Gasteiger partial charge in [0.05, 0.1) is 7.11 Å². The predicted octanol–water partition coefficient (Wildman–Crippen LogP) is 3.40. The first-order valence-electron chi connectivity index (χ1n) is 8.42. The van der Waals surface area contributed by atoms with Crippen LogP contribution in [0, 0.1) is 5.92 Å². The molecule has 6 heteroatoms. The van der Waals surface area contributed by atoms with Crippen molar-refractivity contribution in [2.75, 3.05) is 13.7 Å². The average Bonchev–Trinajstić information content (AvgIpc) is 3.02. The molecule has 0 aromatic rings. The Morgan fingerprint density at radius 3 is 2.21 bits per heavy atom. The van der Waals surface area contributed by atoms with Crippen LogP contribution in [0.3, 0.4) is 0 Å². The molecule has 0 aromatic carbocycles. The number of amides is 1. The zero-order valence-corrected chi connectivity index (χ0v) is 15.5. The number of hydrogen-bond donors (Lipinski definition) is 1. The minimum atomic E-state index is -0.627. The van der Waals surface area contributed by atoms with Crippen LogP contribution in [0.4, 0.5) is 4.79 Å². The van der Waals surface area contributed by atoms with Crippen LogP contribution in [0.15, 0.2) is 12.2 Å².